The lowest BCUT2D eigenvalue weighted by Crippen LogP contribution is -2.45. The highest BCUT2D eigenvalue weighted by Crippen LogP contribution is 2.43. The van der Waals surface area contributed by atoms with Gasteiger partial charge < -0.3 is 15.0 Å². The van der Waals surface area contributed by atoms with Crippen molar-refractivity contribution in [2.24, 2.45) is 0 Å². The first-order valence-corrected chi connectivity index (χ1v) is 11.0. The molecule has 3 heterocycles. The zero-order chi connectivity index (χ0) is 20.2. The number of thiophene rings is 1. The van der Waals surface area contributed by atoms with Crippen LogP contribution in [0, 0.1) is 0 Å². The highest BCUT2D eigenvalue weighted by atomic mass is 32.1. The van der Waals surface area contributed by atoms with Crippen LogP contribution in [0.3, 0.4) is 0 Å². The summed E-state index contributed by atoms with van der Waals surface area (Å²) in [6.07, 6.45) is 0.901. The van der Waals surface area contributed by atoms with Gasteiger partial charge in [0.2, 0.25) is 5.91 Å². The largest absolute Gasteiger partial charge is 0.379 e. The first kappa shape index (κ1) is 20.1. The number of ether oxygens (including phenoxy) is 1. The normalized spacial score (nSPS) is 22.4. The van der Waals surface area contributed by atoms with Gasteiger partial charge in [-0.25, -0.2) is 0 Å². The van der Waals surface area contributed by atoms with E-state index in [-0.39, 0.29) is 17.9 Å². The van der Waals surface area contributed by atoms with Crippen LogP contribution in [-0.4, -0.2) is 68.1 Å². The van der Waals surface area contributed by atoms with Crippen molar-refractivity contribution in [2.75, 3.05) is 46.4 Å². The fraction of sp³-hybridized carbons (Fsp3) is 0.455. The standard InChI is InChI=1S/C22H27N3O3S/c1-24-20(18-8-4-15-29-18)19(16-6-2-3-7-17(16)22(24)27)21(26)23-9-5-10-25-11-13-28-14-12-25/h2-4,6-8,15,19-20H,5,9-14H2,1H3,(H,23,26). The monoisotopic (exact) mass is 413 g/mol. The number of benzene rings is 1. The molecule has 0 aliphatic carbocycles. The first-order chi connectivity index (χ1) is 14.2. The summed E-state index contributed by atoms with van der Waals surface area (Å²) in [5.74, 6) is -0.455. The van der Waals surface area contributed by atoms with Crippen LogP contribution in [0.2, 0.25) is 0 Å². The van der Waals surface area contributed by atoms with E-state index in [4.69, 9.17) is 4.74 Å². The van der Waals surface area contributed by atoms with Gasteiger partial charge in [0.05, 0.1) is 25.2 Å². The third-order valence-electron chi connectivity index (χ3n) is 5.75. The Balaban J connectivity index is 1.49. The number of nitrogens with one attached hydrogen (secondary N) is 1. The molecule has 2 aliphatic heterocycles. The van der Waals surface area contributed by atoms with Crippen LogP contribution in [0.15, 0.2) is 41.8 Å². The van der Waals surface area contributed by atoms with E-state index < -0.39 is 5.92 Å². The van der Waals surface area contributed by atoms with Gasteiger partial charge in [-0.1, -0.05) is 24.3 Å². The third-order valence-corrected chi connectivity index (χ3v) is 6.69. The maximum Gasteiger partial charge on any atom is 0.254 e. The summed E-state index contributed by atoms with van der Waals surface area (Å²) in [7, 11) is 1.79. The van der Waals surface area contributed by atoms with E-state index >= 15 is 0 Å². The van der Waals surface area contributed by atoms with E-state index in [2.05, 4.69) is 10.2 Å². The van der Waals surface area contributed by atoms with E-state index in [1.54, 1.807) is 23.3 Å². The quantitative estimate of drug-likeness (QED) is 0.739. The summed E-state index contributed by atoms with van der Waals surface area (Å²) in [6.45, 7) is 5.07. The number of morpholine rings is 1. The van der Waals surface area contributed by atoms with Crippen molar-refractivity contribution in [3.63, 3.8) is 0 Å². The van der Waals surface area contributed by atoms with Gasteiger partial charge in [0.25, 0.3) is 5.91 Å². The molecule has 1 fully saturated rings. The second-order valence-electron chi connectivity index (χ2n) is 7.54. The Morgan fingerprint density at radius 3 is 2.76 bits per heavy atom. The maximum absolute atomic E-state index is 13.3. The zero-order valence-electron chi connectivity index (χ0n) is 16.7. The number of fused-ring (bicyclic) bond motifs is 1. The van der Waals surface area contributed by atoms with E-state index in [0.717, 1.165) is 49.7 Å². The number of nitrogens with zero attached hydrogens (tertiary/aromatic N) is 2. The second kappa shape index (κ2) is 9.07. The lowest BCUT2D eigenvalue weighted by Gasteiger charge is -2.39. The SMILES string of the molecule is CN1C(=O)c2ccccc2C(C(=O)NCCCN2CCOCC2)C1c1cccs1. The van der Waals surface area contributed by atoms with E-state index in [0.29, 0.717) is 12.1 Å². The van der Waals surface area contributed by atoms with Gasteiger partial charge in [0.15, 0.2) is 0 Å². The van der Waals surface area contributed by atoms with Crippen LogP contribution in [0.4, 0.5) is 0 Å². The summed E-state index contributed by atoms with van der Waals surface area (Å²) >= 11 is 1.59. The minimum Gasteiger partial charge on any atom is -0.379 e. The van der Waals surface area contributed by atoms with E-state index in [1.807, 2.05) is 41.8 Å². The van der Waals surface area contributed by atoms with Crippen molar-refractivity contribution in [2.45, 2.75) is 18.4 Å². The summed E-state index contributed by atoms with van der Waals surface area (Å²) in [5.41, 5.74) is 1.44. The van der Waals surface area contributed by atoms with Gasteiger partial charge in [-0.3, -0.25) is 14.5 Å². The van der Waals surface area contributed by atoms with Crippen molar-refractivity contribution < 1.29 is 14.3 Å². The molecule has 2 unspecified atom stereocenters. The van der Waals surface area contributed by atoms with E-state index in [9.17, 15) is 9.59 Å². The molecule has 4 rings (SSSR count). The molecule has 1 aromatic carbocycles. The summed E-state index contributed by atoms with van der Waals surface area (Å²) in [5, 5.41) is 5.12. The Bertz CT molecular complexity index is 849. The van der Waals surface area contributed by atoms with Crippen LogP contribution in [0.5, 0.6) is 0 Å². The Labute approximate surface area is 175 Å². The second-order valence-corrected chi connectivity index (χ2v) is 8.52. The Kier molecular flexibility index (Phi) is 6.28. The predicted octanol–water partition coefficient (Wildman–Crippen LogP) is 2.50. The fourth-order valence-electron chi connectivity index (χ4n) is 4.22. The number of carbonyl (C=O) groups is 2. The average Bonchev–Trinajstić information content (AvgIpc) is 3.28. The van der Waals surface area contributed by atoms with Crippen molar-refractivity contribution >= 4 is 23.2 Å². The Hall–Kier alpha value is -2.22. The number of likely N-dealkylation sites (N-methyl/N-ethyl adjacent to an activating group) is 1. The summed E-state index contributed by atoms with van der Waals surface area (Å²) < 4.78 is 5.38. The first-order valence-electron chi connectivity index (χ1n) is 10.1. The lowest BCUT2D eigenvalue weighted by molar-refractivity contribution is -0.124. The number of carbonyl (C=O) groups excluding carboxylic acids is 2. The molecule has 1 N–H and O–H groups in total. The molecule has 1 aromatic heterocycles. The maximum atomic E-state index is 13.3. The molecule has 154 valence electrons. The van der Waals surface area contributed by atoms with Crippen LogP contribution in [-0.2, 0) is 9.53 Å². The average molecular weight is 414 g/mol. The predicted molar refractivity (Wildman–Crippen MR) is 113 cm³/mol. The summed E-state index contributed by atoms with van der Waals surface area (Å²) in [4.78, 5) is 31.3. The molecule has 6 nitrogen and oxygen atoms in total. The number of hydrogen-bond acceptors (Lipinski definition) is 5. The lowest BCUT2D eigenvalue weighted by atomic mass is 9.81. The zero-order valence-corrected chi connectivity index (χ0v) is 17.5. The molecule has 2 amide bonds. The van der Waals surface area contributed by atoms with Crippen LogP contribution >= 0.6 is 11.3 Å². The Morgan fingerprint density at radius 1 is 1.21 bits per heavy atom. The van der Waals surface area contributed by atoms with Gasteiger partial charge in [-0.05, 0) is 36.0 Å². The molecule has 2 atom stereocenters. The van der Waals surface area contributed by atoms with Gasteiger partial charge in [-0.2, -0.15) is 0 Å². The number of amides is 2. The highest BCUT2D eigenvalue weighted by molar-refractivity contribution is 7.10. The molecule has 0 saturated carbocycles. The molecule has 0 bridgehead atoms. The highest BCUT2D eigenvalue weighted by Gasteiger charge is 2.42. The fourth-order valence-corrected chi connectivity index (χ4v) is 5.13. The van der Waals surface area contributed by atoms with Gasteiger partial charge >= 0.3 is 0 Å². The molecule has 2 aliphatic rings. The van der Waals surface area contributed by atoms with Crippen LogP contribution in [0.1, 0.15) is 39.2 Å². The van der Waals surface area contributed by atoms with Gasteiger partial charge in [-0.15, -0.1) is 11.3 Å². The molecule has 7 heteroatoms. The molecular formula is C22H27N3O3S. The minimum absolute atomic E-state index is 0.0165. The van der Waals surface area contributed by atoms with Crippen molar-refractivity contribution in [3.8, 4) is 0 Å². The Morgan fingerprint density at radius 2 is 2.00 bits per heavy atom. The van der Waals surface area contributed by atoms with Crippen LogP contribution < -0.4 is 5.32 Å². The molecule has 1 saturated heterocycles. The van der Waals surface area contributed by atoms with E-state index in [1.165, 1.54) is 0 Å². The molecule has 0 spiro atoms. The third kappa shape index (κ3) is 4.22. The van der Waals surface area contributed by atoms with Gasteiger partial charge in [0, 0.05) is 37.1 Å². The van der Waals surface area contributed by atoms with Crippen molar-refractivity contribution in [1.29, 1.82) is 0 Å². The van der Waals surface area contributed by atoms with Crippen LogP contribution in [0.25, 0.3) is 0 Å². The summed E-state index contributed by atoms with van der Waals surface area (Å²) in [6, 6.07) is 11.2. The topological polar surface area (TPSA) is 61.9 Å². The molecule has 0 radical (unpaired) electrons. The molecular weight excluding hydrogens is 386 g/mol. The number of rotatable bonds is 6. The smallest absolute Gasteiger partial charge is 0.254 e. The van der Waals surface area contributed by atoms with Gasteiger partial charge in [0.1, 0.15) is 0 Å². The molecule has 2 aromatic rings. The minimum atomic E-state index is -0.407. The van der Waals surface area contributed by atoms with Crippen molar-refractivity contribution in [3.05, 3.63) is 57.8 Å². The van der Waals surface area contributed by atoms with Crippen molar-refractivity contribution in [1.82, 2.24) is 15.1 Å². The number of hydrogen-bond donors (Lipinski definition) is 1. The molecule has 29 heavy (non-hydrogen) atoms.